The van der Waals surface area contributed by atoms with Crippen LogP contribution in [0.1, 0.15) is 22.3 Å². The lowest BCUT2D eigenvalue weighted by Gasteiger charge is -2.28. The highest BCUT2D eigenvalue weighted by molar-refractivity contribution is 5.94. The average Bonchev–Trinajstić information content (AvgIpc) is 3.28. The lowest BCUT2D eigenvalue weighted by Crippen LogP contribution is -2.45. The van der Waals surface area contributed by atoms with Crippen molar-refractivity contribution in [3.8, 4) is 0 Å². The summed E-state index contributed by atoms with van der Waals surface area (Å²) in [4.78, 5) is 17.2. The number of aliphatic hydroxyl groups excluding tert-OH is 1. The zero-order valence-electron chi connectivity index (χ0n) is 15.4. The highest BCUT2D eigenvalue weighted by atomic mass is 16.5. The summed E-state index contributed by atoms with van der Waals surface area (Å²) >= 11 is 0. The Morgan fingerprint density at radius 1 is 1.19 bits per heavy atom. The molecule has 1 aromatic carbocycles. The first-order valence-electron chi connectivity index (χ1n) is 9.56. The number of aromatic nitrogens is 2. The van der Waals surface area contributed by atoms with Gasteiger partial charge in [-0.2, -0.15) is 5.10 Å². The maximum absolute atomic E-state index is 13.0. The summed E-state index contributed by atoms with van der Waals surface area (Å²) in [7, 11) is 0. The molecule has 7 nitrogen and oxygen atoms in total. The van der Waals surface area contributed by atoms with Crippen LogP contribution in [0.15, 0.2) is 42.7 Å². The van der Waals surface area contributed by atoms with Gasteiger partial charge >= 0.3 is 0 Å². The number of nitrogens with zero attached hydrogens (tertiary/aromatic N) is 4. The normalized spacial score (nSPS) is 24.1. The number of rotatable bonds is 4. The molecule has 7 heteroatoms. The molecule has 27 heavy (non-hydrogen) atoms. The summed E-state index contributed by atoms with van der Waals surface area (Å²) in [5.74, 6) is 0.0717. The van der Waals surface area contributed by atoms with Gasteiger partial charge in [0.15, 0.2) is 0 Å². The minimum atomic E-state index is -0.425. The van der Waals surface area contributed by atoms with Crippen LogP contribution in [-0.2, 0) is 11.3 Å². The number of carbonyl (C=O) groups is 1. The minimum Gasteiger partial charge on any atom is -0.389 e. The number of amides is 1. The van der Waals surface area contributed by atoms with E-state index in [1.807, 2.05) is 46.1 Å². The molecule has 2 saturated heterocycles. The molecule has 144 valence electrons. The van der Waals surface area contributed by atoms with Gasteiger partial charge in [0.25, 0.3) is 5.91 Å². The second kappa shape index (κ2) is 8.21. The largest absolute Gasteiger partial charge is 0.389 e. The average molecular weight is 370 g/mol. The summed E-state index contributed by atoms with van der Waals surface area (Å²) in [5, 5.41) is 14.3. The molecule has 2 aliphatic rings. The first-order valence-corrected chi connectivity index (χ1v) is 9.56. The third-order valence-electron chi connectivity index (χ3n) is 5.39. The van der Waals surface area contributed by atoms with Gasteiger partial charge in [-0.15, -0.1) is 0 Å². The summed E-state index contributed by atoms with van der Waals surface area (Å²) in [5.41, 5.74) is 1.78. The van der Waals surface area contributed by atoms with Crippen molar-refractivity contribution in [2.24, 2.45) is 0 Å². The van der Waals surface area contributed by atoms with Gasteiger partial charge in [0.1, 0.15) is 0 Å². The number of aliphatic hydroxyl groups is 1. The van der Waals surface area contributed by atoms with E-state index in [0.717, 1.165) is 37.2 Å². The number of benzene rings is 1. The van der Waals surface area contributed by atoms with Crippen LogP contribution in [0.2, 0.25) is 0 Å². The van der Waals surface area contributed by atoms with Crippen LogP contribution >= 0.6 is 0 Å². The van der Waals surface area contributed by atoms with Crippen LogP contribution in [0.5, 0.6) is 0 Å². The predicted octanol–water partition coefficient (Wildman–Crippen LogP) is 0.839. The summed E-state index contributed by atoms with van der Waals surface area (Å²) in [6.45, 7) is 4.70. The van der Waals surface area contributed by atoms with Gasteiger partial charge in [0.05, 0.1) is 31.9 Å². The molecule has 2 aliphatic heterocycles. The lowest BCUT2D eigenvalue weighted by molar-refractivity contribution is 0.0725. The topological polar surface area (TPSA) is 70.8 Å². The first-order chi connectivity index (χ1) is 13.2. The van der Waals surface area contributed by atoms with Crippen molar-refractivity contribution in [1.82, 2.24) is 19.6 Å². The van der Waals surface area contributed by atoms with E-state index < -0.39 is 6.10 Å². The Labute approximate surface area is 159 Å². The number of hydrogen-bond donors (Lipinski definition) is 1. The van der Waals surface area contributed by atoms with Crippen LogP contribution in [-0.4, -0.2) is 82.1 Å². The Bertz CT molecular complexity index is 764. The van der Waals surface area contributed by atoms with Crippen LogP contribution in [0.3, 0.4) is 0 Å². The van der Waals surface area contributed by atoms with Gasteiger partial charge in [-0.3, -0.25) is 14.4 Å². The van der Waals surface area contributed by atoms with Gasteiger partial charge in [-0.25, -0.2) is 0 Å². The third kappa shape index (κ3) is 4.21. The van der Waals surface area contributed by atoms with Crippen LogP contribution in [0.25, 0.3) is 0 Å². The van der Waals surface area contributed by atoms with E-state index in [-0.39, 0.29) is 11.9 Å². The number of ether oxygens (including phenoxy) is 1. The maximum atomic E-state index is 13.0. The Morgan fingerprint density at radius 2 is 2.11 bits per heavy atom. The molecule has 4 rings (SSSR count). The van der Waals surface area contributed by atoms with Crippen molar-refractivity contribution in [2.75, 3.05) is 39.4 Å². The van der Waals surface area contributed by atoms with Crippen molar-refractivity contribution in [3.63, 3.8) is 0 Å². The second-order valence-electron chi connectivity index (χ2n) is 7.26. The Kier molecular flexibility index (Phi) is 5.52. The molecule has 3 heterocycles. The minimum absolute atomic E-state index is 0.0532. The summed E-state index contributed by atoms with van der Waals surface area (Å²) < 4.78 is 7.23. The molecule has 0 spiro atoms. The zero-order valence-corrected chi connectivity index (χ0v) is 15.4. The summed E-state index contributed by atoms with van der Waals surface area (Å²) in [6, 6.07) is 9.74. The molecular weight excluding hydrogens is 344 g/mol. The van der Waals surface area contributed by atoms with E-state index in [1.54, 1.807) is 6.20 Å². The molecule has 1 N–H and O–H groups in total. The Hall–Kier alpha value is -2.22. The first kappa shape index (κ1) is 18.2. The van der Waals surface area contributed by atoms with Crippen molar-refractivity contribution in [3.05, 3.63) is 53.9 Å². The van der Waals surface area contributed by atoms with Gasteiger partial charge in [0.2, 0.25) is 0 Å². The molecule has 0 bridgehead atoms. The fraction of sp³-hybridized carbons (Fsp3) is 0.500. The molecule has 0 radical (unpaired) electrons. The zero-order chi connectivity index (χ0) is 18.6. The van der Waals surface area contributed by atoms with Crippen molar-refractivity contribution < 1.29 is 14.6 Å². The van der Waals surface area contributed by atoms with Crippen molar-refractivity contribution in [1.29, 1.82) is 0 Å². The molecule has 0 saturated carbocycles. The monoisotopic (exact) mass is 370 g/mol. The van der Waals surface area contributed by atoms with E-state index in [2.05, 4.69) is 10.00 Å². The number of carbonyl (C=O) groups excluding carboxylic acids is 1. The SMILES string of the molecule is O=C(c1cccc(Cn2cccn2)c1)N1CCCN([C@H]2COC[C@@H]2O)CC1. The highest BCUT2D eigenvalue weighted by Crippen LogP contribution is 2.17. The molecule has 2 fully saturated rings. The van der Waals surface area contributed by atoms with Gasteiger partial charge < -0.3 is 14.7 Å². The van der Waals surface area contributed by atoms with E-state index in [1.165, 1.54) is 0 Å². The molecule has 1 amide bonds. The molecular formula is C20H26N4O3. The molecule has 0 unspecified atom stereocenters. The molecule has 2 atom stereocenters. The fourth-order valence-corrected chi connectivity index (χ4v) is 3.92. The van der Waals surface area contributed by atoms with Crippen molar-refractivity contribution in [2.45, 2.75) is 25.1 Å². The van der Waals surface area contributed by atoms with Gasteiger partial charge in [0, 0.05) is 44.1 Å². The van der Waals surface area contributed by atoms with Gasteiger partial charge in [-0.05, 0) is 30.2 Å². The maximum Gasteiger partial charge on any atom is 0.253 e. The van der Waals surface area contributed by atoms with E-state index in [9.17, 15) is 9.90 Å². The smallest absolute Gasteiger partial charge is 0.253 e. The van der Waals surface area contributed by atoms with Gasteiger partial charge in [-0.1, -0.05) is 12.1 Å². The lowest BCUT2D eigenvalue weighted by atomic mass is 10.1. The molecule has 0 aliphatic carbocycles. The van der Waals surface area contributed by atoms with Crippen molar-refractivity contribution >= 4 is 5.91 Å². The van der Waals surface area contributed by atoms with Crippen LogP contribution < -0.4 is 0 Å². The Morgan fingerprint density at radius 3 is 2.89 bits per heavy atom. The third-order valence-corrected chi connectivity index (χ3v) is 5.39. The van der Waals surface area contributed by atoms with E-state index in [0.29, 0.717) is 26.3 Å². The molecule has 1 aromatic heterocycles. The number of hydrogen-bond acceptors (Lipinski definition) is 5. The van der Waals surface area contributed by atoms with E-state index in [4.69, 9.17) is 4.74 Å². The standard InChI is InChI=1S/C20H26N4O3/c25-19-15-27-14-18(19)22-7-3-8-23(11-10-22)20(26)17-5-1-4-16(12-17)13-24-9-2-6-21-24/h1-2,4-6,9,12,18-19,25H,3,7-8,10-11,13-15H2/t18-,19-/m0/s1. The molecule has 2 aromatic rings. The fourth-order valence-electron chi connectivity index (χ4n) is 3.92. The highest BCUT2D eigenvalue weighted by Gasteiger charge is 2.33. The second-order valence-corrected chi connectivity index (χ2v) is 7.26. The van der Waals surface area contributed by atoms with E-state index >= 15 is 0 Å². The van der Waals surface area contributed by atoms with Crippen LogP contribution in [0.4, 0.5) is 0 Å². The predicted molar refractivity (Wildman–Crippen MR) is 100 cm³/mol. The Balaban J connectivity index is 1.40. The summed E-state index contributed by atoms with van der Waals surface area (Å²) in [6.07, 6.45) is 4.15. The quantitative estimate of drug-likeness (QED) is 0.864. The van der Waals surface area contributed by atoms with Crippen LogP contribution in [0, 0.1) is 0 Å².